The molecule has 118 valence electrons. The highest BCUT2D eigenvalue weighted by atomic mass is 19.1. The second kappa shape index (κ2) is 8.47. The molecule has 0 atom stereocenters. The Labute approximate surface area is 131 Å². The monoisotopic (exact) mass is 302 g/mol. The van der Waals surface area contributed by atoms with Crippen molar-refractivity contribution in [3.8, 4) is 17.0 Å². The van der Waals surface area contributed by atoms with Crippen LogP contribution in [0, 0.1) is 5.82 Å². The van der Waals surface area contributed by atoms with Crippen LogP contribution in [0.5, 0.6) is 5.75 Å². The normalized spacial score (nSPS) is 10.7. The summed E-state index contributed by atoms with van der Waals surface area (Å²) in [7, 11) is 0. The van der Waals surface area contributed by atoms with Gasteiger partial charge in [0.2, 0.25) is 0 Å². The van der Waals surface area contributed by atoms with Crippen LogP contribution in [0.2, 0.25) is 0 Å². The van der Waals surface area contributed by atoms with Crippen molar-refractivity contribution in [2.24, 2.45) is 0 Å². The average molecular weight is 302 g/mol. The van der Waals surface area contributed by atoms with Gasteiger partial charge in [-0.3, -0.25) is 9.97 Å². The summed E-state index contributed by atoms with van der Waals surface area (Å²) in [5.74, 6) is -0.0745. The molecular formula is C18H23FN2O. The summed E-state index contributed by atoms with van der Waals surface area (Å²) in [6.07, 6.45) is 8.81. The molecule has 1 aromatic heterocycles. The molecule has 0 saturated heterocycles. The number of unbranched alkanes of at least 4 members (excludes halogenated alkanes) is 2. The number of nitrogens with zero attached hydrogens (tertiary/aromatic N) is 2. The van der Waals surface area contributed by atoms with Crippen LogP contribution in [-0.4, -0.2) is 16.6 Å². The molecular weight excluding hydrogens is 279 g/mol. The minimum Gasteiger partial charge on any atom is -0.491 e. The van der Waals surface area contributed by atoms with E-state index in [1.165, 1.54) is 18.9 Å². The first-order chi connectivity index (χ1) is 10.7. The third-order valence-electron chi connectivity index (χ3n) is 3.43. The summed E-state index contributed by atoms with van der Waals surface area (Å²) in [5, 5.41) is 0. The molecule has 2 aromatic rings. The van der Waals surface area contributed by atoms with E-state index >= 15 is 0 Å². The molecule has 0 unspecified atom stereocenters. The Morgan fingerprint density at radius 3 is 2.55 bits per heavy atom. The van der Waals surface area contributed by atoms with Gasteiger partial charge < -0.3 is 4.74 Å². The van der Waals surface area contributed by atoms with E-state index in [-0.39, 0.29) is 11.6 Å². The van der Waals surface area contributed by atoms with Crippen molar-refractivity contribution < 1.29 is 9.13 Å². The van der Waals surface area contributed by atoms with Crippen LogP contribution in [0.15, 0.2) is 30.6 Å². The molecule has 0 spiro atoms. The molecule has 0 amide bonds. The molecule has 0 aliphatic rings. The van der Waals surface area contributed by atoms with E-state index in [0.717, 1.165) is 25.0 Å². The highest BCUT2D eigenvalue weighted by Crippen LogP contribution is 2.24. The molecule has 0 aliphatic heterocycles. The van der Waals surface area contributed by atoms with E-state index in [9.17, 15) is 4.39 Å². The number of halogens is 1. The van der Waals surface area contributed by atoms with Crippen molar-refractivity contribution in [3.63, 3.8) is 0 Å². The number of hydrogen-bond acceptors (Lipinski definition) is 3. The fraction of sp³-hybridized carbons (Fsp3) is 0.444. The minimum absolute atomic E-state index is 0.287. The molecule has 4 heteroatoms. The second-order valence-corrected chi connectivity index (χ2v) is 5.34. The largest absolute Gasteiger partial charge is 0.491 e. The van der Waals surface area contributed by atoms with Gasteiger partial charge in [-0.15, -0.1) is 0 Å². The average Bonchev–Trinajstić information content (AvgIpc) is 2.54. The molecule has 0 bridgehead atoms. The van der Waals surface area contributed by atoms with Gasteiger partial charge in [0.15, 0.2) is 11.6 Å². The van der Waals surface area contributed by atoms with Crippen LogP contribution in [0.3, 0.4) is 0 Å². The third kappa shape index (κ3) is 4.52. The smallest absolute Gasteiger partial charge is 0.165 e. The third-order valence-corrected chi connectivity index (χ3v) is 3.43. The topological polar surface area (TPSA) is 35.0 Å². The fourth-order valence-corrected chi connectivity index (χ4v) is 2.18. The van der Waals surface area contributed by atoms with E-state index in [1.54, 1.807) is 18.5 Å². The Kier molecular flexibility index (Phi) is 6.31. The van der Waals surface area contributed by atoms with Crippen LogP contribution in [-0.2, 0) is 6.42 Å². The van der Waals surface area contributed by atoms with Gasteiger partial charge in [0.25, 0.3) is 0 Å². The summed E-state index contributed by atoms with van der Waals surface area (Å²) in [6.45, 7) is 4.68. The van der Waals surface area contributed by atoms with Gasteiger partial charge in [0.1, 0.15) is 0 Å². The SMILES string of the molecule is CCCCCc1cnc(-c2ccc(OCCC)c(F)c2)cn1. The molecule has 1 aromatic carbocycles. The van der Waals surface area contributed by atoms with E-state index < -0.39 is 0 Å². The van der Waals surface area contributed by atoms with Crippen LogP contribution in [0.4, 0.5) is 4.39 Å². The number of aryl methyl sites for hydroxylation is 1. The second-order valence-electron chi connectivity index (χ2n) is 5.34. The molecule has 0 N–H and O–H groups in total. The van der Waals surface area contributed by atoms with Gasteiger partial charge >= 0.3 is 0 Å². The van der Waals surface area contributed by atoms with Gasteiger partial charge in [-0.25, -0.2) is 4.39 Å². The lowest BCUT2D eigenvalue weighted by molar-refractivity contribution is 0.301. The summed E-state index contributed by atoms with van der Waals surface area (Å²) in [5.41, 5.74) is 2.38. The molecule has 22 heavy (non-hydrogen) atoms. The van der Waals surface area contributed by atoms with Crippen molar-refractivity contribution >= 4 is 0 Å². The van der Waals surface area contributed by atoms with Gasteiger partial charge in [-0.1, -0.05) is 26.7 Å². The van der Waals surface area contributed by atoms with Gasteiger partial charge in [-0.05, 0) is 37.5 Å². The van der Waals surface area contributed by atoms with Crippen LogP contribution >= 0.6 is 0 Å². The number of aromatic nitrogens is 2. The van der Waals surface area contributed by atoms with Crippen molar-refractivity contribution in [1.82, 2.24) is 9.97 Å². The number of rotatable bonds is 8. The zero-order chi connectivity index (χ0) is 15.8. The first kappa shape index (κ1) is 16.4. The molecule has 0 fully saturated rings. The lowest BCUT2D eigenvalue weighted by Crippen LogP contribution is -1.98. The molecule has 0 aliphatic carbocycles. The quantitative estimate of drug-likeness (QED) is 0.657. The van der Waals surface area contributed by atoms with Crippen molar-refractivity contribution in [2.75, 3.05) is 6.61 Å². The first-order valence-electron chi connectivity index (χ1n) is 7.98. The van der Waals surface area contributed by atoms with Crippen molar-refractivity contribution in [1.29, 1.82) is 0 Å². The lowest BCUT2D eigenvalue weighted by Gasteiger charge is -2.08. The van der Waals surface area contributed by atoms with Crippen LogP contribution < -0.4 is 4.74 Å². The maximum Gasteiger partial charge on any atom is 0.165 e. The minimum atomic E-state index is -0.361. The Hall–Kier alpha value is -1.97. The predicted molar refractivity (Wildman–Crippen MR) is 86.4 cm³/mol. The van der Waals surface area contributed by atoms with E-state index in [1.807, 2.05) is 13.0 Å². The first-order valence-corrected chi connectivity index (χ1v) is 7.98. The molecule has 0 saturated carbocycles. The summed E-state index contributed by atoms with van der Waals surface area (Å²) in [4.78, 5) is 8.80. The van der Waals surface area contributed by atoms with E-state index in [2.05, 4.69) is 16.9 Å². The Balaban J connectivity index is 2.06. The summed E-state index contributed by atoms with van der Waals surface area (Å²) in [6, 6.07) is 4.91. The highest BCUT2D eigenvalue weighted by molar-refractivity contribution is 5.59. The maximum atomic E-state index is 14.0. The number of hydrogen-bond donors (Lipinski definition) is 0. The lowest BCUT2D eigenvalue weighted by atomic mass is 10.1. The number of benzene rings is 1. The highest BCUT2D eigenvalue weighted by Gasteiger charge is 2.07. The summed E-state index contributed by atoms with van der Waals surface area (Å²) < 4.78 is 19.3. The maximum absolute atomic E-state index is 14.0. The van der Waals surface area contributed by atoms with E-state index in [0.29, 0.717) is 17.9 Å². The van der Waals surface area contributed by atoms with Crippen LogP contribution in [0.1, 0.15) is 45.2 Å². The number of ether oxygens (including phenoxy) is 1. The molecule has 0 radical (unpaired) electrons. The molecule has 1 heterocycles. The van der Waals surface area contributed by atoms with Crippen LogP contribution in [0.25, 0.3) is 11.3 Å². The van der Waals surface area contributed by atoms with Gasteiger partial charge in [-0.2, -0.15) is 0 Å². The van der Waals surface area contributed by atoms with Crippen molar-refractivity contribution in [2.45, 2.75) is 46.0 Å². The van der Waals surface area contributed by atoms with E-state index in [4.69, 9.17) is 4.74 Å². The van der Waals surface area contributed by atoms with Crippen molar-refractivity contribution in [3.05, 3.63) is 42.1 Å². The van der Waals surface area contributed by atoms with Gasteiger partial charge in [0, 0.05) is 11.8 Å². The fourth-order valence-electron chi connectivity index (χ4n) is 2.18. The zero-order valence-electron chi connectivity index (χ0n) is 13.3. The Morgan fingerprint density at radius 1 is 1.05 bits per heavy atom. The Bertz CT molecular complexity index is 584. The Morgan fingerprint density at radius 2 is 1.91 bits per heavy atom. The zero-order valence-corrected chi connectivity index (χ0v) is 13.3. The molecule has 2 rings (SSSR count). The van der Waals surface area contributed by atoms with Gasteiger partial charge in [0.05, 0.1) is 24.2 Å². The predicted octanol–water partition coefficient (Wildman–Crippen LogP) is 4.80. The summed E-state index contributed by atoms with van der Waals surface area (Å²) >= 11 is 0. The standard InChI is InChI=1S/C18H23FN2O/c1-3-5-6-7-15-12-21-17(13-20-15)14-8-9-18(16(19)11-14)22-10-4-2/h8-9,11-13H,3-7,10H2,1-2H3. The molecule has 3 nitrogen and oxygen atoms in total.